The maximum atomic E-state index is 13.8. The van der Waals surface area contributed by atoms with Crippen molar-refractivity contribution in [2.24, 2.45) is 0 Å². The molecule has 0 spiro atoms. The van der Waals surface area contributed by atoms with Gasteiger partial charge in [0.1, 0.15) is 5.82 Å². The van der Waals surface area contributed by atoms with Gasteiger partial charge in [-0.2, -0.15) is 10.1 Å². The van der Waals surface area contributed by atoms with Crippen molar-refractivity contribution in [2.45, 2.75) is 51.9 Å². The van der Waals surface area contributed by atoms with Gasteiger partial charge in [-0.15, -0.1) is 0 Å². The maximum Gasteiger partial charge on any atom is 0.251 e. The highest BCUT2D eigenvalue weighted by Crippen LogP contribution is 2.37. The van der Waals surface area contributed by atoms with E-state index in [-0.39, 0.29) is 25.9 Å². The fourth-order valence-corrected chi connectivity index (χ4v) is 4.86. The highest BCUT2D eigenvalue weighted by Gasteiger charge is 2.35. The number of piperidine rings is 1. The number of methoxy groups -OCH3 is 1. The van der Waals surface area contributed by atoms with Crippen LogP contribution in [0.4, 0.5) is 26.4 Å². The molecule has 0 amide bonds. The monoisotopic (exact) mass is 515 g/mol. The second kappa shape index (κ2) is 10.6. The molecule has 2 fully saturated rings. The van der Waals surface area contributed by atoms with Crippen molar-refractivity contribution in [3.05, 3.63) is 23.4 Å². The molecule has 4 heterocycles. The number of hydrogen-bond acceptors (Lipinski definition) is 8. The number of nitrogens with zero attached hydrogens (tertiary/aromatic N) is 5. The molecule has 0 atom stereocenters. The van der Waals surface area contributed by atoms with Gasteiger partial charge in [0.05, 0.1) is 19.2 Å². The predicted octanol–water partition coefficient (Wildman–Crippen LogP) is 4.82. The first kappa shape index (κ1) is 25.4. The summed E-state index contributed by atoms with van der Waals surface area (Å²) in [5, 5.41) is 11.4. The highest BCUT2D eigenvalue weighted by molar-refractivity contribution is 5.94. The van der Waals surface area contributed by atoms with Gasteiger partial charge in [0, 0.05) is 55.2 Å². The van der Waals surface area contributed by atoms with Crippen LogP contribution >= 0.6 is 0 Å². The third-order valence-electron chi connectivity index (χ3n) is 7.31. The van der Waals surface area contributed by atoms with Crippen LogP contribution in [0.25, 0.3) is 10.9 Å². The van der Waals surface area contributed by atoms with Gasteiger partial charge >= 0.3 is 0 Å². The van der Waals surface area contributed by atoms with E-state index in [1.807, 2.05) is 30.9 Å². The number of halogens is 2. The summed E-state index contributed by atoms with van der Waals surface area (Å²) in [5.74, 6) is 0.118. The normalized spacial score (nSPS) is 17.9. The van der Waals surface area contributed by atoms with Crippen LogP contribution in [-0.2, 0) is 0 Å². The van der Waals surface area contributed by atoms with Crippen molar-refractivity contribution in [1.82, 2.24) is 25.1 Å². The Bertz CT molecular complexity index is 1230. The van der Waals surface area contributed by atoms with Gasteiger partial charge < -0.3 is 24.6 Å². The van der Waals surface area contributed by atoms with Crippen LogP contribution in [0.15, 0.2) is 12.1 Å². The minimum atomic E-state index is -2.65. The van der Waals surface area contributed by atoms with Crippen LogP contribution in [0.5, 0.6) is 11.5 Å². The van der Waals surface area contributed by atoms with Crippen molar-refractivity contribution < 1.29 is 18.3 Å². The van der Waals surface area contributed by atoms with Gasteiger partial charge in [0.2, 0.25) is 5.95 Å². The van der Waals surface area contributed by atoms with Crippen molar-refractivity contribution in [1.29, 1.82) is 0 Å². The third-order valence-corrected chi connectivity index (χ3v) is 7.31. The molecule has 3 aromatic rings. The zero-order valence-corrected chi connectivity index (χ0v) is 21.7. The lowest BCUT2D eigenvalue weighted by Crippen LogP contribution is -2.40. The lowest BCUT2D eigenvalue weighted by molar-refractivity contribution is -0.0222. The van der Waals surface area contributed by atoms with Gasteiger partial charge in [0.25, 0.3) is 5.92 Å². The molecular formula is C26H35F2N7O2. The van der Waals surface area contributed by atoms with E-state index in [0.29, 0.717) is 41.2 Å². The topological polar surface area (TPSA) is 91.4 Å². The largest absolute Gasteiger partial charge is 0.493 e. The summed E-state index contributed by atoms with van der Waals surface area (Å²) in [7, 11) is 1.61. The first-order chi connectivity index (χ1) is 17.8. The Labute approximate surface area is 215 Å². The predicted molar refractivity (Wildman–Crippen MR) is 140 cm³/mol. The summed E-state index contributed by atoms with van der Waals surface area (Å²) in [6, 6.07) is 3.71. The molecule has 5 rings (SSSR count). The number of ether oxygens (including phenoxy) is 2. The number of nitrogens with one attached hydrogen (secondary N) is 2. The molecule has 0 radical (unpaired) electrons. The third kappa shape index (κ3) is 5.71. The smallest absolute Gasteiger partial charge is 0.251 e. The molecule has 11 heteroatoms. The molecule has 2 aliphatic heterocycles. The van der Waals surface area contributed by atoms with Crippen LogP contribution in [0, 0.1) is 13.8 Å². The average Bonchev–Trinajstić information content (AvgIpc) is 3.51. The summed E-state index contributed by atoms with van der Waals surface area (Å²) in [4.78, 5) is 13.8. The molecule has 9 nitrogen and oxygen atoms in total. The van der Waals surface area contributed by atoms with E-state index in [0.717, 1.165) is 42.7 Å². The summed E-state index contributed by atoms with van der Waals surface area (Å²) < 4.78 is 39.4. The number of anilines is 3. The Morgan fingerprint density at radius 3 is 2.46 bits per heavy atom. The number of aromatic amines is 1. The van der Waals surface area contributed by atoms with E-state index in [1.54, 1.807) is 7.11 Å². The number of H-pyrrole nitrogens is 1. The SMILES string of the molecule is COc1cc2c(Nc3n[nH]c(C)c3C)nc(N3CCC(F)(F)CC3)nc2cc1OCCCN1CCCC1. The Morgan fingerprint density at radius 1 is 1.03 bits per heavy atom. The average molecular weight is 516 g/mol. The fourth-order valence-electron chi connectivity index (χ4n) is 4.86. The van der Waals surface area contributed by atoms with Crippen LogP contribution in [0.1, 0.15) is 43.4 Å². The van der Waals surface area contributed by atoms with Gasteiger partial charge in [-0.3, -0.25) is 5.10 Å². The zero-order valence-electron chi connectivity index (χ0n) is 21.7. The summed E-state index contributed by atoms with van der Waals surface area (Å²) in [6.07, 6.45) is 3.02. The minimum Gasteiger partial charge on any atom is -0.493 e. The number of aromatic nitrogens is 4. The van der Waals surface area contributed by atoms with Crippen molar-refractivity contribution in [3.63, 3.8) is 0 Å². The lowest BCUT2D eigenvalue weighted by Gasteiger charge is -2.32. The molecule has 0 bridgehead atoms. The number of alkyl halides is 2. The quantitative estimate of drug-likeness (QED) is 0.392. The fraction of sp³-hybridized carbons (Fsp3) is 0.577. The van der Waals surface area contributed by atoms with Gasteiger partial charge in [-0.25, -0.2) is 13.8 Å². The molecule has 200 valence electrons. The summed E-state index contributed by atoms with van der Waals surface area (Å²) in [5.41, 5.74) is 2.56. The van der Waals surface area contributed by atoms with E-state index in [9.17, 15) is 8.78 Å². The lowest BCUT2D eigenvalue weighted by atomic mass is 10.1. The van der Waals surface area contributed by atoms with Crippen LogP contribution in [0.3, 0.4) is 0 Å². The van der Waals surface area contributed by atoms with E-state index in [1.165, 1.54) is 12.8 Å². The molecule has 37 heavy (non-hydrogen) atoms. The Balaban J connectivity index is 1.45. The number of benzene rings is 1. The zero-order chi connectivity index (χ0) is 26.0. The van der Waals surface area contributed by atoms with Crippen LogP contribution < -0.4 is 19.7 Å². The van der Waals surface area contributed by atoms with Crippen molar-refractivity contribution >= 4 is 28.5 Å². The molecular weight excluding hydrogens is 480 g/mol. The Morgan fingerprint density at radius 2 is 1.78 bits per heavy atom. The van der Waals surface area contributed by atoms with Gasteiger partial charge in [-0.1, -0.05) is 0 Å². The second-order valence-electron chi connectivity index (χ2n) is 9.93. The molecule has 2 aliphatic rings. The molecule has 2 saturated heterocycles. The van der Waals surface area contributed by atoms with Crippen molar-refractivity contribution in [3.8, 4) is 11.5 Å². The molecule has 2 N–H and O–H groups in total. The number of likely N-dealkylation sites (tertiary alicyclic amines) is 1. The molecule has 0 unspecified atom stereocenters. The van der Waals surface area contributed by atoms with Crippen molar-refractivity contribution in [2.75, 3.05) is 56.7 Å². The number of aryl methyl sites for hydroxylation is 1. The Kier molecular flexibility index (Phi) is 7.32. The Hall–Kier alpha value is -3.21. The van der Waals surface area contributed by atoms with E-state index in [4.69, 9.17) is 19.4 Å². The molecule has 1 aromatic carbocycles. The van der Waals surface area contributed by atoms with E-state index in [2.05, 4.69) is 20.4 Å². The van der Waals surface area contributed by atoms with Gasteiger partial charge in [0.15, 0.2) is 17.3 Å². The van der Waals surface area contributed by atoms with Gasteiger partial charge in [-0.05, 0) is 52.3 Å². The second-order valence-corrected chi connectivity index (χ2v) is 9.93. The minimum absolute atomic E-state index is 0.189. The first-order valence-electron chi connectivity index (χ1n) is 13.0. The summed E-state index contributed by atoms with van der Waals surface area (Å²) >= 11 is 0. The van der Waals surface area contributed by atoms with Crippen LogP contribution in [-0.4, -0.2) is 77.4 Å². The highest BCUT2D eigenvalue weighted by atomic mass is 19.3. The maximum absolute atomic E-state index is 13.8. The van der Waals surface area contributed by atoms with E-state index >= 15 is 0 Å². The molecule has 0 saturated carbocycles. The first-order valence-corrected chi connectivity index (χ1v) is 13.0. The number of hydrogen-bond donors (Lipinski definition) is 2. The summed E-state index contributed by atoms with van der Waals surface area (Å²) in [6.45, 7) is 8.18. The standard InChI is InChI=1S/C26H35F2N7O2/c1-17-18(2)32-33-23(17)30-24-19-15-21(36-3)22(37-14-6-11-34-9-4-5-10-34)16-20(19)29-25(31-24)35-12-7-26(27,28)8-13-35/h15-16H,4-14H2,1-3H3,(H2,29,30,31,32,33). The number of fused-ring (bicyclic) bond motifs is 1. The molecule has 2 aromatic heterocycles. The van der Waals surface area contributed by atoms with E-state index < -0.39 is 5.92 Å². The van der Waals surface area contributed by atoms with Crippen LogP contribution in [0.2, 0.25) is 0 Å². The number of rotatable bonds is 9. The molecule has 0 aliphatic carbocycles.